The molecule has 2 nitrogen and oxygen atoms in total. The predicted molar refractivity (Wildman–Crippen MR) is 162 cm³/mol. The van der Waals surface area contributed by atoms with Crippen LogP contribution in [-0.4, -0.2) is 24.4 Å². The molecule has 0 saturated heterocycles. The number of carbonyl (C=O) groups is 1. The maximum atomic E-state index is 13.2. The van der Waals surface area contributed by atoms with Gasteiger partial charge in [0, 0.05) is 13.3 Å². The second-order valence-corrected chi connectivity index (χ2v) is 14.7. The lowest BCUT2D eigenvalue weighted by Gasteiger charge is -2.55. The highest BCUT2D eigenvalue weighted by molar-refractivity contribution is 7.97. The zero-order valence-electron chi connectivity index (χ0n) is 24.7. The molecule has 3 aromatic carbocycles. The van der Waals surface area contributed by atoms with Crippen LogP contribution in [0.1, 0.15) is 64.7 Å². The number of hydrogen-bond acceptors (Lipinski definition) is 2. The predicted octanol–water partition coefficient (Wildman–Crippen LogP) is 9.99. The van der Waals surface area contributed by atoms with Crippen molar-refractivity contribution in [2.75, 3.05) is 6.61 Å². The Hall–Kier alpha value is -2.80. The number of carbonyl (C=O) groups excluding carboxylic acids is 1. The molecule has 0 unspecified atom stereocenters. The van der Waals surface area contributed by atoms with Crippen LogP contribution in [0.2, 0.25) is 0 Å². The molecule has 0 radical (unpaired) electrons. The normalized spacial score (nSPS) is 24.4. The number of alkyl halides is 4. The summed E-state index contributed by atoms with van der Waals surface area (Å²) in [5.74, 6) is -6.30. The summed E-state index contributed by atoms with van der Waals surface area (Å²) in [5.41, 5.74) is -0.352. The minimum Gasteiger partial charge on any atom is -0.465 e. The lowest BCUT2D eigenvalue weighted by molar-refractivity contribution is -0.201. The smallest absolute Gasteiger partial charge is 0.312 e. The van der Waals surface area contributed by atoms with Gasteiger partial charge in [-0.25, -0.2) is 8.78 Å². The summed E-state index contributed by atoms with van der Waals surface area (Å²) >= 11 is 0. The Morgan fingerprint density at radius 1 is 0.721 bits per heavy atom. The van der Waals surface area contributed by atoms with Gasteiger partial charge in [-0.15, -0.1) is 0 Å². The van der Waals surface area contributed by atoms with Gasteiger partial charge in [-0.2, -0.15) is 8.78 Å². The summed E-state index contributed by atoms with van der Waals surface area (Å²) in [6.45, 7) is 0.284. The molecule has 4 fully saturated rings. The summed E-state index contributed by atoms with van der Waals surface area (Å²) in [6, 6.07) is 32.2. The highest BCUT2D eigenvalue weighted by Gasteiger charge is 2.55. The van der Waals surface area contributed by atoms with Crippen molar-refractivity contribution in [3.63, 3.8) is 0 Å². The van der Waals surface area contributed by atoms with E-state index in [0.29, 0.717) is 17.8 Å². The number of halogens is 4. The van der Waals surface area contributed by atoms with Crippen LogP contribution in [0.5, 0.6) is 0 Å². The maximum absolute atomic E-state index is 13.2. The highest BCUT2D eigenvalue weighted by atomic mass is 32.2. The third-order valence-electron chi connectivity index (χ3n) is 9.17. The van der Waals surface area contributed by atoms with Crippen LogP contribution < -0.4 is 0 Å². The van der Waals surface area contributed by atoms with Crippen LogP contribution in [0.15, 0.2) is 106 Å². The van der Waals surface area contributed by atoms with Crippen molar-refractivity contribution in [2.24, 2.45) is 23.2 Å². The Labute approximate surface area is 255 Å². The Kier molecular flexibility index (Phi) is 9.89. The minimum absolute atomic E-state index is 0.0146. The highest BCUT2D eigenvalue weighted by Crippen LogP contribution is 2.60. The largest absolute Gasteiger partial charge is 0.465 e. The van der Waals surface area contributed by atoms with Crippen molar-refractivity contribution in [1.82, 2.24) is 0 Å². The van der Waals surface area contributed by atoms with Crippen molar-refractivity contribution in [3.8, 4) is 0 Å². The van der Waals surface area contributed by atoms with Crippen LogP contribution in [0.3, 0.4) is 0 Å². The summed E-state index contributed by atoms with van der Waals surface area (Å²) in [4.78, 5) is 16.6. The molecule has 3 aromatic rings. The van der Waals surface area contributed by atoms with E-state index in [1.54, 1.807) is 0 Å². The first kappa shape index (κ1) is 31.6. The van der Waals surface area contributed by atoms with E-state index in [-0.39, 0.29) is 48.7 Å². The van der Waals surface area contributed by atoms with Gasteiger partial charge in [0.25, 0.3) is 0 Å². The first-order valence-corrected chi connectivity index (χ1v) is 16.6. The summed E-state index contributed by atoms with van der Waals surface area (Å²) in [7, 11) is -0.0146. The van der Waals surface area contributed by atoms with E-state index in [4.69, 9.17) is 4.74 Å². The van der Waals surface area contributed by atoms with E-state index >= 15 is 0 Å². The van der Waals surface area contributed by atoms with E-state index < -0.39 is 18.3 Å². The molecular weight excluding hydrogens is 572 g/mol. The molecule has 0 N–H and O–H groups in total. The zero-order chi connectivity index (χ0) is 30.5. The Balaban J connectivity index is 0.000000176. The van der Waals surface area contributed by atoms with Crippen molar-refractivity contribution in [2.45, 2.75) is 91.2 Å². The zero-order valence-corrected chi connectivity index (χ0v) is 25.5. The van der Waals surface area contributed by atoms with Crippen molar-refractivity contribution < 1.29 is 27.1 Å². The van der Waals surface area contributed by atoms with Gasteiger partial charge >= 0.3 is 17.8 Å². The van der Waals surface area contributed by atoms with E-state index in [1.165, 1.54) is 33.9 Å². The molecule has 7 rings (SSSR count). The lowest BCUT2D eigenvalue weighted by Crippen LogP contribution is -2.50. The fraction of sp³-hybridized carbons (Fsp3) is 0.472. The molecule has 7 heteroatoms. The molecule has 4 aliphatic rings. The van der Waals surface area contributed by atoms with E-state index in [9.17, 15) is 22.4 Å². The monoisotopic (exact) mass is 613 g/mol. The third kappa shape index (κ3) is 7.65. The first-order chi connectivity index (χ1) is 20.6. The first-order valence-electron chi connectivity index (χ1n) is 15.4. The van der Waals surface area contributed by atoms with E-state index in [2.05, 4.69) is 91.0 Å². The number of hydrogen-bond donors (Lipinski definition) is 0. The van der Waals surface area contributed by atoms with Gasteiger partial charge in [0.2, 0.25) is 0 Å². The van der Waals surface area contributed by atoms with Gasteiger partial charge in [-0.3, -0.25) is 4.79 Å². The number of unbranched alkanes of at least 4 members (excludes halogenated alkanes) is 1. The number of esters is 1. The molecular formula is C36H41F4O2S+. The standard InChI is InChI=1S/C18H26F4O2.C18H15S/c1-16(19,20)18(21,22)4-2-3-5-24-15(23)17-9-12-6-13(10-17)8-14(7-12)11-17;1-4-10-16(11-5-1)19(17-12-6-2-7-13-17)18-14-8-3-9-15-18/h12-14H,2-11H2,1H3;1-15H/q;+1. The Bertz CT molecular complexity index is 1180. The fourth-order valence-corrected chi connectivity index (χ4v) is 9.53. The molecule has 0 aromatic heterocycles. The van der Waals surface area contributed by atoms with Crippen molar-refractivity contribution in [1.29, 1.82) is 0 Å². The molecule has 230 valence electrons. The quantitative estimate of drug-likeness (QED) is 0.0985. The van der Waals surface area contributed by atoms with E-state index in [1.807, 2.05) is 0 Å². The molecule has 0 aliphatic heterocycles. The number of ether oxygens (including phenoxy) is 1. The van der Waals surface area contributed by atoms with Crippen LogP contribution in [0.25, 0.3) is 0 Å². The minimum atomic E-state index is -4.01. The second-order valence-electron chi connectivity index (χ2n) is 12.6. The van der Waals surface area contributed by atoms with Gasteiger partial charge < -0.3 is 4.74 Å². The topological polar surface area (TPSA) is 26.3 Å². The Morgan fingerprint density at radius 3 is 1.49 bits per heavy atom. The van der Waals surface area contributed by atoms with E-state index in [0.717, 1.165) is 19.3 Å². The molecule has 4 aliphatic carbocycles. The molecule has 0 amide bonds. The van der Waals surface area contributed by atoms with Gasteiger partial charge in [0.15, 0.2) is 14.7 Å². The summed E-state index contributed by atoms with van der Waals surface area (Å²) < 4.78 is 57.1. The fourth-order valence-electron chi connectivity index (χ4n) is 7.43. The molecule has 43 heavy (non-hydrogen) atoms. The Morgan fingerprint density at radius 2 is 1.12 bits per heavy atom. The van der Waals surface area contributed by atoms with Gasteiger partial charge in [-0.1, -0.05) is 54.6 Å². The van der Waals surface area contributed by atoms with Crippen LogP contribution >= 0.6 is 0 Å². The van der Waals surface area contributed by atoms with Gasteiger partial charge in [0.05, 0.1) is 22.9 Å². The average molecular weight is 614 g/mol. The second kappa shape index (κ2) is 13.5. The van der Waals surface area contributed by atoms with Gasteiger partial charge in [-0.05, 0) is 106 Å². The van der Waals surface area contributed by atoms with Crippen LogP contribution in [0, 0.1) is 23.2 Å². The lowest BCUT2D eigenvalue weighted by atomic mass is 9.49. The summed E-state index contributed by atoms with van der Waals surface area (Å²) in [5, 5.41) is 0. The molecule has 4 bridgehead atoms. The van der Waals surface area contributed by atoms with Crippen molar-refractivity contribution in [3.05, 3.63) is 91.0 Å². The molecule has 4 saturated carbocycles. The van der Waals surface area contributed by atoms with Gasteiger partial charge in [0.1, 0.15) is 0 Å². The third-order valence-corrected chi connectivity index (χ3v) is 11.4. The molecule has 0 heterocycles. The number of benzene rings is 3. The average Bonchev–Trinajstić information content (AvgIpc) is 2.98. The molecule has 0 spiro atoms. The van der Waals surface area contributed by atoms with Crippen molar-refractivity contribution >= 4 is 16.9 Å². The summed E-state index contributed by atoms with van der Waals surface area (Å²) in [6.07, 6.45) is 5.63. The van der Waals surface area contributed by atoms with Crippen LogP contribution in [0.4, 0.5) is 17.6 Å². The number of rotatable bonds is 10. The molecule has 0 atom stereocenters. The SMILES string of the molecule is CC(F)(F)C(F)(F)CCCCOC(=O)C12CC3CC(CC(C3)C1)C2.c1ccc([S+](c2ccccc2)c2ccccc2)cc1. The van der Waals surface area contributed by atoms with Crippen LogP contribution in [-0.2, 0) is 20.4 Å². The maximum Gasteiger partial charge on any atom is 0.312 e.